The largest absolute Gasteiger partial charge is 0.398 e. The van der Waals surface area contributed by atoms with Crippen molar-refractivity contribution in [2.75, 3.05) is 5.73 Å². The molecule has 0 unspecified atom stereocenters. The lowest BCUT2D eigenvalue weighted by Gasteiger charge is -2.03. The van der Waals surface area contributed by atoms with E-state index in [0.29, 0.717) is 9.35 Å². The molecule has 0 bridgehead atoms. The second-order valence-corrected chi connectivity index (χ2v) is 7.05. The lowest BCUT2D eigenvalue weighted by molar-refractivity contribution is 0.103. The van der Waals surface area contributed by atoms with Gasteiger partial charge in [0.05, 0.1) is 7.57 Å². The minimum absolute atomic E-state index is 0.177. The van der Waals surface area contributed by atoms with Crippen molar-refractivity contribution in [1.29, 1.82) is 0 Å². The van der Waals surface area contributed by atoms with Gasteiger partial charge in [0.2, 0.25) is 0 Å². The summed E-state index contributed by atoms with van der Waals surface area (Å²) in [5, 5.41) is 0. The second kappa shape index (κ2) is 4.88. The van der Waals surface area contributed by atoms with Crippen LogP contribution in [0.4, 0.5) is 10.1 Å². The zero-order valence-corrected chi connectivity index (χ0v) is 12.3. The summed E-state index contributed by atoms with van der Waals surface area (Å²) in [6.07, 6.45) is 0. The van der Waals surface area contributed by atoms with Gasteiger partial charge in [-0.05, 0) is 56.1 Å². The van der Waals surface area contributed by atoms with Gasteiger partial charge in [0, 0.05) is 16.8 Å². The average Bonchev–Trinajstić information content (AvgIpc) is 2.60. The Morgan fingerprint density at radius 1 is 1.24 bits per heavy atom. The van der Waals surface area contributed by atoms with Gasteiger partial charge in [-0.3, -0.25) is 4.79 Å². The Kier molecular flexibility index (Phi) is 3.65. The van der Waals surface area contributed by atoms with Gasteiger partial charge in [-0.15, -0.1) is 11.3 Å². The van der Waals surface area contributed by atoms with E-state index in [1.54, 1.807) is 6.07 Å². The molecule has 2 nitrogen and oxygen atoms in total. The molecule has 0 saturated carbocycles. The fraction of sp³-hybridized carbons (Fsp3) is 0. The molecule has 17 heavy (non-hydrogen) atoms. The number of benzene rings is 1. The number of nitrogen functional groups attached to an aromatic ring is 1. The maximum Gasteiger partial charge on any atom is 0.197 e. The molecule has 0 radical (unpaired) electrons. The predicted molar refractivity (Wildman–Crippen MR) is 74.0 cm³/mol. The third kappa shape index (κ3) is 2.59. The summed E-state index contributed by atoms with van der Waals surface area (Å²) in [4.78, 5) is 12.2. The molecule has 0 fully saturated rings. The Morgan fingerprint density at radius 3 is 2.53 bits per heavy atom. The number of hydrogen-bond donors (Lipinski definition) is 1. The summed E-state index contributed by atoms with van der Waals surface area (Å²) >= 11 is 7.96. The van der Waals surface area contributed by atoms with Crippen molar-refractivity contribution in [2.24, 2.45) is 0 Å². The third-order valence-electron chi connectivity index (χ3n) is 2.16. The van der Waals surface area contributed by atoms with Gasteiger partial charge in [-0.25, -0.2) is 4.39 Å². The maximum absolute atomic E-state index is 13.1. The highest BCUT2D eigenvalue weighted by Gasteiger charge is 2.18. The second-order valence-electron chi connectivity index (χ2n) is 3.30. The lowest BCUT2D eigenvalue weighted by atomic mass is 10.0. The average molecular weight is 379 g/mol. The first-order valence-electron chi connectivity index (χ1n) is 4.53. The van der Waals surface area contributed by atoms with Gasteiger partial charge in [-0.1, -0.05) is 0 Å². The van der Waals surface area contributed by atoms with Gasteiger partial charge in [0.15, 0.2) is 5.78 Å². The summed E-state index contributed by atoms with van der Waals surface area (Å²) in [5.41, 5.74) is 6.59. The van der Waals surface area contributed by atoms with Crippen LogP contribution >= 0.6 is 43.2 Å². The first-order valence-corrected chi connectivity index (χ1v) is 6.94. The molecule has 0 aliphatic heterocycles. The quantitative estimate of drug-likeness (QED) is 0.627. The molecule has 0 spiro atoms. The third-order valence-corrected chi connectivity index (χ3v) is 4.50. The van der Waals surface area contributed by atoms with E-state index in [-0.39, 0.29) is 17.0 Å². The van der Waals surface area contributed by atoms with Crippen molar-refractivity contribution >= 4 is 54.7 Å². The van der Waals surface area contributed by atoms with E-state index < -0.39 is 5.82 Å². The molecule has 0 aliphatic carbocycles. The van der Waals surface area contributed by atoms with Crippen LogP contribution in [0.5, 0.6) is 0 Å². The van der Waals surface area contributed by atoms with Crippen molar-refractivity contribution < 1.29 is 9.18 Å². The Balaban J connectivity index is 2.50. The highest BCUT2D eigenvalue weighted by Crippen LogP contribution is 2.34. The van der Waals surface area contributed by atoms with Gasteiger partial charge >= 0.3 is 0 Å². The van der Waals surface area contributed by atoms with Crippen LogP contribution in [-0.4, -0.2) is 5.78 Å². The molecule has 2 rings (SSSR count). The highest BCUT2D eigenvalue weighted by atomic mass is 79.9. The number of anilines is 1. The number of halogens is 3. The summed E-state index contributed by atoms with van der Waals surface area (Å²) in [6.45, 7) is 0. The predicted octanol–water partition coefficient (Wildman–Crippen LogP) is 4.23. The number of carbonyl (C=O) groups excluding carboxylic acids is 1. The van der Waals surface area contributed by atoms with Crippen molar-refractivity contribution in [1.82, 2.24) is 0 Å². The summed E-state index contributed by atoms with van der Waals surface area (Å²) in [6, 6.07) is 5.44. The molecule has 2 aromatic rings. The van der Waals surface area contributed by atoms with E-state index in [1.165, 1.54) is 23.5 Å². The van der Waals surface area contributed by atoms with Crippen LogP contribution < -0.4 is 5.73 Å². The van der Waals surface area contributed by atoms with Crippen molar-refractivity contribution in [3.8, 4) is 0 Å². The molecule has 1 aromatic heterocycles. The number of ketones is 1. The first-order chi connectivity index (χ1) is 7.99. The Morgan fingerprint density at radius 2 is 1.94 bits per heavy atom. The molecule has 0 amide bonds. The summed E-state index contributed by atoms with van der Waals surface area (Å²) < 4.78 is 14.6. The van der Waals surface area contributed by atoms with Crippen molar-refractivity contribution in [3.05, 3.63) is 48.8 Å². The minimum atomic E-state index is -0.479. The van der Waals surface area contributed by atoms with Crippen LogP contribution in [-0.2, 0) is 0 Å². The van der Waals surface area contributed by atoms with Crippen LogP contribution in [0.25, 0.3) is 0 Å². The monoisotopic (exact) mass is 377 g/mol. The van der Waals surface area contributed by atoms with E-state index in [1.807, 2.05) is 0 Å². The lowest BCUT2D eigenvalue weighted by Crippen LogP contribution is -2.05. The minimum Gasteiger partial charge on any atom is -0.398 e. The smallest absolute Gasteiger partial charge is 0.197 e. The molecule has 0 aliphatic rings. The van der Waals surface area contributed by atoms with Crippen LogP contribution in [0.3, 0.4) is 0 Å². The fourth-order valence-electron chi connectivity index (χ4n) is 1.37. The summed E-state index contributed by atoms with van der Waals surface area (Å²) in [5.74, 6) is -0.774. The molecule has 1 heterocycles. The van der Waals surface area contributed by atoms with E-state index in [2.05, 4.69) is 31.9 Å². The molecule has 1 aromatic carbocycles. The van der Waals surface area contributed by atoms with Gasteiger partial charge < -0.3 is 5.73 Å². The number of rotatable bonds is 2. The maximum atomic E-state index is 13.1. The van der Waals surface area contributed by atoms with E-state index >= 15 is 0 Å². The molecule has 88 valence electrons. The Hall–Kier alpha value is -0.720. The molecular weight excluding hydrogens is 373 g/mol. The number of hydrogen-bond acceptors (Lipinski definition) is 3. The van der Waals surface area contributed by atoms with E-state index in [0.717, 1.165) is 9.85 Å². The first kappa shape index (κ1) is 12.7. The normalized spacial score (nSPS) is 10.5. The standard InChI is InChI=1S/C11H6Br2FNOS/c12-9-4-7(11(13)17-9)10(16)6-3-5(14)1-2-8(6)15/h1-4H,15H2. The number of thiophene rings is 1. The Labute approximate surface area is 118 Å². The fourth-order valence-corrected chi connectivity index (χ4v) is 4.16. The van der Waals surface area contributed by atoms with Crippen LogP contribution in [0.15, 0.2) is 31.8 Å². The van der Waals surface area contributed by atoms with Crippen molar-refractivity contribution in [2.45, 2.75) is 0 Å². The molecule has 0 saturated heterocycles. The number of carbonyl (C=O) groups is 1. The zero-order valence-electron chi connectivity index (χ0n) is 8.34. The SMILES string of the molecule is Nc1ccc(F)cc1C(=O)c1cc(Br)sc1Br. The van der Waals surface area contributed by atoms with E-state index in [9.17, 15) is 9.18 Å². The van der Waals surface area contributed by atoms with Crippen LogP contribution in [0.1, 0.15) is 15.9 Å². The van der Waals surface area contributed by atoms with Crippen molar-refractivity contribution in [3.63, 3.8) is 0 Å². The van der Waals surface area contributed by atoms with Crippen LogP contribution in [0, 0.1) is 5.82 Å². The van der Waals surface area contributed by atoms with Gasteiger partial charge in [0.25, 0.3) is 0 Å². The molecule has 0 atom stereocenters. The zero-order chi connectivity index (χ0) is 12.6. The molecule has 6 heteroatoms. The topological polar surface area (TPSA) is 43.1 Å². The van der Waals surface area contributed by atoms with Gasteiger partial charge in [0.1, 0.15) is 5.82 Å². The van der Waals surface area contributed by atoms with Gasteiger partial charge in [-0.2, -0.15) is 0 Å². The number of nitrogens with two attached hydrogens (primary N) is 1. The highest BCUT2D eigenvalue weighted by molar-refractivity contribution is 9.12. The summed E-state index contributed by atoms with van der Waals surface area (Å²) in [7, 11) is 0. The molecule has 2 N–H and O–H groups in total. The van der Waals surface area contributed by atoms with Crippen LogP contribution in [0.2, 0.25) is 0 Å². The molecular formula is C11H6Br2FNOS. The van der Waals surface area contributed by atoms with E-state index in [4.69, 9.17) is 5.73 Å². The Bertz CT molecular complexity index is 597.